The van der Waals surface area contributed by atoms with Crippen LogP contribution in [0, 0.1) is 6.92 Å². The molecule has 1 N–H and O–H groups in total. The standard InChI is InChI=1S/C21H23ClN4O3/c1-12(2)26-20-15(11-24-26)10-16(13(3)25-20)21(27)23-5-4-14-8-17(22)19-18(9-14)28-6-7-29-19/h8-12H,4-7H2,1-3H3,(H,23,27). The van der Waals surface area contributed by atoms with E-state index < -0.39 is 0 Å². The van der Waals surface area contributed by atoms with E-state index in [1.54, 1.807) is 6.20 Å². The fourth-order valence-electron chi connectivity index (χ4n) is 3.40. The molecular weight excluding hydrogens is 392 g/mol. The van der Waals surface area contributed by atoms with Gasteiger partial charge in [-0.3, -0.25) is 4.79 Å². The Morgan fingerprint density at radius 2 is 2.07 bits per heavy atom. The van der Waals surface area contributed by atoms with E-state index in [0.29, 0.717) is 54.0 Å². The number of rotatable bonds is 5. The van der Waals surface area contributed by atoms with Gasteiger partial charge in [0, 0.05) is 18.0 Å². The van der Waals surface area contributed by atoms with Crippen LogP contribution in [0.2, 0.25) is 5.02 Å². The summed E-state index contributed by atoms with van der Waals surface area (Å²) in [4.78, 5) is 17.3. The molecule has 0 radical (unpaired) electrons. The summed E-state index contributed by atoms with van der Waals surface area (Å²) in [6.45, 7) is 7.41. The van der Waals surface area contributed by atoms with Gasteiger partial charge in [-0.15, -0.1) is 0 Å². The lowest BCUT2D eigenvalue weighted by molar-refractivity contribution is 0.0953. The highest BCUT2D eigenvalue weighted by Gasteiger charge is 2.18. The van der Waals surface area contributed by atoms with Crippen molar-refractivity contribution in [1.82, 2.24) is 20.1 Å². The van der Waals surface area contributed by atoms with Crippen molar-refractivity contribution < 1.29 is 14.3 Å². The number of fused-ring (bicyclic) bond motifs is 2. The molecule has 2 aromatic heterocycles. The first-order valence-electron chi connectivity index (χ1n) is 9.65. The Bertz CT molecular complexity index is 1080. The lowest BCUT2D eigenvalue weighted by Crippen LogP contribution is -2.26. The van der Waals surface area contributed by atoms with Gasteiger partial charge in [0.1, 0.15) is 13.2 Å². The van der Waals surface area contributed by atoms with E-state index in [4.69, 9.17) is 21.1 Å². The zero-order valence-electron chi connectivity index (χ0n) is 16.7. The van der Waals surface area contributed by atoms with E-state index in [1.807, 2.05) is 43.7 Å². The number of ether oxygens (including phenoxy) is 2. The number of aromatic nitrogens is 3. The van der Waals surface area contributed by atoms with Crippen molar-refractivity contribution in [2.24, 2.45) is 0 Å². The third kappa shape index (κ3) is 3.87. The van der Waals surface area contributed by atoms with Crippen molar-refractivity contribution >= 4 is 28.5 Å². The van der Waals surface area contributed by atoms with Crippen molar-refractivity contribution in [2.45, 2.75) is 33.2 Å². The summed E-state index contributed by atoms with van der Waals surface area (Å²) >= 11 is 6.28. The van der Waals surface area contributed by atoms with E-state index in [1.165, 1.54) is 0 Å². The van der Waals surface area contributed by atoms with Crippen LogP contribution >= 0.6 is 11.6 Å². The number of carbonyl (C=O) groups excluding carboxylic acids is 1. The fraction of sp³-hybridized carbons (Fsp3) is 0.381. The molecule has 1 aromatic carbocycles. The summed E-state index contributed by atoms with van der Waals surface area (Å²) in [5.74, 6) is 1.08. The number of hydrogen-bond donors (Lipinski definition) is 1. The predicted octanol–water partition coefficient (Wildman–Crippen LogP) is 3.72. The van der Waals surface area contributed by atoms with Crippen LogP contribution in [0.5, 0.6) is 11.5 Å². The molecule has 0 saturated heterocycles. The van der Waals surface area contributed by atoms with E-state index in [9.17, 15) is 4.79 Å². The van der Waals surface area contributed by atoms with Crippen molar-refractivity contribution in [2.75, 3.05) is 19.8 Å². The Morgan fingerprint density at radius 3 is 2.86 bits per heavy atom. The van der Waals surface area contributed by atoms with Crippen molar-refractivity contribution in [3.63, 3.8) is 0 Å². The molecule has 4 rings (SSSR count). The Hall–Kier alpha value is -2.80. The average molecular weight is 415 g/mol. The second-order valence-electron chi connectivity index (χ2n) is 7.32. The molecule has 7 nitrogen and oxygen atoms in total. The van der Waals surface area contributed by atoms with Gasteiger partial charge in [-0.1, -0.05) is 11.6 Å². The lowest BCUT2D eigenvalue weighted by Gasteiger charge is -2.20. The molecule has 0 atom stereocenters. The van der Waals surface area contributed by atoms with Crippen molar-refractivity contribution in [3.8, 4) is 11.5 Å². The Morgan fingerprint density at radius 1 is 1.28 bits per heavy atom. The SMILES string of the molecule is Cc1nc2c(cnn2C(C)C)cc1C(=O)NCCc1cc(Cl)c2c(c1)OCCO2. The smallest absolute Gasteiger partial charge is 0.253 e. The van der Waals surface area contributed by atoms with Gasteiger partial charge in [-0.05, 0) is 51.0 Å². The normalized spacial score (nSPS) is 13.1. The molecular formula is C21H23ClN4O3. The largest absolute Gasteiger partial charge is 0.486 e. The maximum Gasteiger partial charge on any atom is 0.253 e. The number of halogens is 1. The zero-order valence-corrected chi connectivity index (χ0v) is 17.4. The molecule has 0 unspecified atom stereocenters. The van der Waals surface area contributed by atoms with Gasteiger partial charge in [-0.25, -0.2) is 9.67 Å². The van der Waals surface area contributed by atoms with Crippen LogP contribution in [0.1, 0.15) is 41.5 Å². The van der Waals surface area contributed by atoms with Gasteiger partial charge in [0.2, 0.25) is 0 Å². The third-order valence-corrected chi connectivity index (χ3v) is 5.13. The summed E-state index contributed by atoms with van der Waals surface area (Å²) in [6, 6.07) is 5.81. The molecule has 1 aliphatic heterocycles. The molecule has 152 valence electrons. The molecule has 8 heteroatoms. The number of hydrogen-bond acceptors (Lipinski definition) is 5. The van der Waals surface area contributed by atoms with Gasteiger partial charge in [0.05, 0.1) is 22.5 Å². The van der Waals surface area contributed by atoms with Crippen LogP contribution in [-0.2, 0) is 6.42 Å². The highest BCUT2D eigenvalue weighted by Crippen LogP contribution is 2.38. The quantitative estimate of drug-likeness (QED) is 0.688. The molecule has 0 aliphatic carbocycles. The van der Waals surface area contributed by atoms with Gasteiger partial charge >= 0.3 is 0 Å². The summed E-state index contributed by atoms with van der Waals surface area (Å²) in [6.07, 6.45) is 2.37. The summed E-state index contributed by atoms with van der Waals surface area (Å²) in [5.41, 5.74) is 3.00. The number of nitrogens with one attached hydrogen (secondary N) is 1. The first kappa shape index (κ1) is 19.5. The number of benzene rings is 1. The van der Waals surface area contributed by atoms with Crippen molar-refractivity contribution in [3.05, 3.63) is 46.2 Å². The Labute approximate surface area is 174 Å². The van der Waals surface area contributed by atoms with E-state index in [0.717, 1.165) is 16.6 Å². The van der Waals surface area contributed by atoms with Gasteiger partial charge < -0.3 is 14.8 Å². The Kier molecular flexibility index (Phi) is 5.32. The van der Waals surface area contributed by atoms with Crippen LogP contribution < -0.4 is 14.8 Å². The second-order valence-corrected chi connectivity index (χ2v) is 7.73. The molecule has 0 fully saturated rings. The third-order valence-electron chi connectivity index (χ3n) is 4.85. The predicted molar refractivity (Wildman–Crippen MR) is 111 cm³/mol. The van der Waals surface area contributed by atoms with Gasteiger partial charge in [0.15, 0.2) is 17.1 Å². The van der Waals surface area contributed by atoms with Crippen LogP contribution in [-0.4, -0.2) is 40.4 Å². The minimum atomic E-state index is -0.155. The average Bonchev–Trinajstić information content (AvgIpc) is 3.10. The van der Waals surface area contributed by atoms with Crippen molar-refractivity contribution in [1.29, 1.82) is 0 Å². The maximum atomic E-state index is 12.7. The number of nitrogens with zero attached hydrogens (tertiary/aromatic N) is 3. The molecule has 3 heterocycles. The minimum absolute atomic E-state index is 0.155. The van der Waals surface area contributed by atoms with E-state index >= 15 is 0 Å². The summed E-state index contributed by atoms with van der Waals surface area (Å²) in [7, 11) is 0. The molecule has 1 aliphatic rings. The highest BCUT2D eigenvalue weighted by molar-refractivity contribution is 6.32. The number of carbonyl (C=O) groups is 1. The molecule has 29 heavy (non-hydrogen) atoms. The monoisotopic (exact) mass is 414 g/mol. The first-order valence-corrected chi connectivity index (χ1v) is 10.0. The fourth-order valence-corrected chi connectivity index (χ4v) is 3.69. The first-order chi connectivity index (χ1) is 13.9. The van der Waals surface area contributed by atoms with E-state index in [2.05, 4.69) is 15.4 Å². The molecule has 0 bridgehead atoms. The van der Waals surface area contributed by atoms with Crippen LogP contribution in [0.3, 0.4) is 0 Å². The van der Waals surface area contributed by atoms with Crippen LogP contribution in [0.25, 0.3) is 11.0 Å². The number of pyridine rings is 1. The topological polar surface area (TPSA) is 78.3 Å². The molecule has 0 saturated carbocycles. The molecule has 1 amide bonds. The second kappa shape index (κ2) is 7.91. The summed E-state index contributed by atoms with van der Waals surface area (Å²) in [5, 5.41) is 8.71. The van der Waals surface area contributed by atoms with Crippen LogP contribution in [0.4, 0.5) is 0 Å². The number of aryl methyl sites for hydroxylation is 1. The van der Waals surface area contributed by atoms with Gasteiger partial charge in [-0.2, -0.15) is 5.10 Å². The Balaban J connectivity index is 1.45. The highest BCUT2D eigenvalue weighted by atomic mass is 35.5. The molecule has 0 spiro atoms. The van der Waals surface area contributed by atoms with E-state index in [-0.39, 0.29) is 11.9 Å². The minimum Gasteiger partial charge on any atom is -0.486 e. The maximum absolute atomic E-state index is 12.7. The molecule has 3 aromatic rings. The number of amides is 1. The zero-order chi connectivity index (χ0) is 20.5. The van der Waals surface area contributed by atoms with Crippen LogP contribution in [0.15, 0.2) is 24.4 Å². The lowest BCUT2D eigenvalue weighted by atomic mass is 10.1. The van der Waals surface area contributed by atoms with Gasteiger partial charge in [0.25, 0.3) is 5.91 Å². The summed E-state index contributed by atoms with van der Waals surface area (Å²) < 4.78 is 13.0.